The fraction of sp³-hybridized carbons (Fsp3) is 0.306. The van der Waals surface area contributed by atoms with Gasteiger partial charge in [-0.3, -0.25) is 14.6 Å². The molecule has 43 heavy (non-hydrogen) atoms. The van der Waals surface area contributed by atoms with Crippen molar-refractivity contribution in [2.75, 3.05) is 36.0 Å². The highest BCUT2D eigenvalue weighted by atomic mass is 16.2. The molecule has 2 aliphatic heterocycles. The topological polar surface area (TPSA) is 61.7 Å². The first-order valence-corrected chi connectivity index (χ1v) is 15.4. The second-order valence-corrected chi connectivity index (χ2v) is 11.8. The Labute approximate surface area is 253 Å². The lowest BCUT2D eigenvalue weighted by Gasteiger charge is -2.36. The van der Waals surface area contributed by atoms with Crippen LogP contribution in [0.5, 0.6) is 0 Å². The van der Waals surface area contributed by atoms with Gasteiger partial charge in [0, 0.05) is 61.2 Å². The number of anilines is 2. The summed E-state index contributed by atoms with van der Waals surface area (Å²) in [5.74, 6) is 0.0237. The maximum atomic E-state index is 14.1. The summed E-state index contributed by atoms with van der Waals surface area (Å²) in [7, 11) is 0. The highest BCUT2D eigenvalue weighted by Crippen LogP contribution is 2.33. The van der Waals surface area contributed by atoms with E-state index in [0.717, 1.165) is 54.1 Å². The van der Waals surface area contributed by atoms with Gasteiger partial charge in [0.1, 0.15) is 5.69 Å². The third-order valence-corrected chi connectivity index (χ3v) is 9.17. The van der Waals surface area contributed by atoms with E-state index in [0.29, 0.717) is 37.4 Å². The van der Waals surface area contributed by atoms with Crippen molar-refractivity contribution in [1.29, 1.82) is 0 Å². The number of amides is 2. The molecule has 1 aliphatic carbocycles. The molecule has 2 aromatic carbocycles. The maximum Gasteiger partial charge on any atom is 0.270 e. The van der Waals surface area contributed by atoms with Gasteiger partial charge in [-0.1, -0.05) is 30.3 Å². The first-order chi connectivity index (χ1) is 21.1. The molecule has 0 radical (unpaired) electrons. The smallest absolute Gasteiger partial charge is 0.270 e. The molecule has 1 fully saturated rings. The van der Waals surface area contributed by atoms with Crippen LogP contribution in [0.1, 0.15) is 68.9 Å². The van der Waals surface area contributed by atoms with Crippen LogP contribution in [0.3, 0.4) is 0 Å². The van der Waals surface area contributed by atoms with Crippen LogP contribution in [0.4, 0.5) is 11.4 Å². The predicted molar refractivity (Wildman–Crippen MR) is 170 cm³/mol. The Morgan fingerprint density at radius 3 is 2.40 bits per heavy atom. The van der Waals surface area contributed by atoms with Crippen LogP contribution >= 0.6 is 0 Å². The summed E-state index contributed by atoms with van der Waals surface area (Å²) in [5, 5.41) is 0. The van der Waals surface area contributed by atoms with Gasteiger partial charge >= 0.3 is 0 Å². The van der Waals surface area contributed by atoms with E-state index in [4.69, 9.17) is 0 Å². The Morgan fingerprint density at radius 2 is 1.63 bits per heavy atom. The van der Waals surface area contributed by atoms with Gasteiger partial charge in [-0.25, -0.2) is 0 Å². The van der Waals surface area contributed by atoms with Crippen LogP contribution in [0, 0.1) is 6.92 Å². The molecule has 0 unspecified atom stereocenters. The monoisotopic (exact) mass is 571 g/mol. The number of benzene rings is 2. The molecule has 4 aromatic rings. The van der Waals surface area contributed by atoms with E-state index >= 15 is 0 Å². The zero-order valence-corrected chi connectivity index (χ0v) is 24.7. The molecule has 7 rings (SSSR count). The summed E-state index contributed by atoms with van der Waals surface area (Å²) in [6.07, 6.45) is 10.7. The summed E-state index contributed by atoms with van der Waals surface area (Å²) >= 11 is 0. The minimum absolute atomic E-state index is 0.0190. The summed E-state index contributed by atoms with van der Waals surface area (Å²) in [6, 6.07) is 22.2. The maximum absolute atomic E-state index is 14.1. The molecule has 218 valence electrons. The van der Waals surface area contributed by atoms with Crippen LogP contribution in [-0.4, -0.2) is 52.4 Å². The van der Waals surface area contributed by atoms with Gasteiger partial charge in [0.2, 0.25) is 0 Å². The highest BCUT2D eigenvalue weighted by molar-refractivity contribution is 6.07. The lowest BCUT2D eigenvalue weighted by molar-refractivity contribution is 0.0736. The van der Waals surface area contributed by atoms with E-state index < -0.39 is 0 Å². The molecule has 4 heterocycles. The number of piperazine rings is 1. The number of carbonyl (C=O) groups is 2. The molecule has 0 spiro atoms. The molecular weight excluding hydrogens is 534 g/mol. The summed E-state index contributed by atoms with van der Waals surface area (Å²) in [5.41, 5.74) is 9.19. The second-order valence-electron chi connectivity index (χ2n) is 11.8. The molecule has 2 amide bonds. The molecular formula is C36H37N5O2. The lowest BCUT2D eigenvalue weighted by Crippen LogP contribution is -2.49. The molecule has 3 aliphatic rings. The first kappa shape index (κ1) is 27.2. The summed E-state index contributed by atoms with van der Waals surface area (Å²) in [4.78, 5) is 38.2. The molecule has 2 aromatic heterocycles. The number of aromatic nitrogens is 2. The van der Waals surface area contributed by atoms with Gasteiger partial charge in [-0.2, -0.15) is 0 Å². The van der Waals surface area contributed by atoms with Crippen LogP contribution in [0.25, 0.3) is 5.57 Å². The van der Waals surface area contributed by atoms with Crippen LogP contribution in [0.15, 0.2) is 85.2 Å². The number of para-hydroxylation sites is 1. The van der Waals surface area contributed by atoms with Crippen LogP contribution in [0.2, 0.25) is 0 Å². The predicted octanol–water partition coefficient (Wildman–Crippen LogP) is 6.32. The Bertz CT molecular complexity index is 1700. The molecule has 0 saturated carbocycles. The SMILES string of the molecule is Cc1cc(C(=O)N2Cc3ccc(C(=O)N4CCN(c5ccncc5)CC4)n3Cc3ccccc32)ccc1C1=CCCCC1. The van der Waals surface area contributed by atoms with Crippen molar-refractivity contribution in [3.8, 4) is 0 Å². The first-order valence-electron chi connectivity index (χ1n) is 15.4. The van der Waals surface area contributed by atoms with Crippen molar-refractivity contribution in [2.24, 2.45) is 0 Å². The van der Waals surface area contributed by atoms with E-state index in [1.807, 2.05) is 64.4 Å². The Kier molecular flexibility index (Phi) is 7.31. The number of hydrogen-bond donors (Lipinski definition) is 0. The van der Waals surface area contributed by atoms with Gasteiger partial charge < -0.3 is 19.3 Å². The number of rotatable bonds is 4. The third kappa shape index (κ3) is 5.24. The number of carbonyl (C=O) groups excluding carboxylic acids is 2. The van der Waals surface area contributed by atoms with Gasteiger partial charge in [-0.15, -0.1) is 0 Å². The van der Waals surface area contributed by atoms with Crippen molar-refractivity contribution in [3.63, 3.8) is 0 Å². The van der Waals surface area contributed by atoms with Crippen LogP contribution < -0.4 is 9.80 Å². The van der Waals surface area contributed by atoms with Crippen molar-refractivity contribution in [2.45, 2.75) is 45.7 Å². The second kappa shape index (κ2) is 11.6. The number of nitrogens with zero attached hydrogens (tertiary/aromatic N) is 5. The molecule has 0 bridgehead atoms. The van der Waals surface area contributed by atoms with E-state index in [1.165, 1.54) is 24.0 Å². The zero-order valence-electron chi connectivity index (χ0n) is 24.7. The number of fused-ring (bicyclic) bond motifs is 2. The highest BCUT2D eigenvalue weighted by Gasteiger charge is 2.30. The minimum Gasteiger partial charge on any atom is -0.368 e. The Balaban J connectivity index is 1.14. The average Bonchev–Trinajstić information content (AvgIpc) is 3.37. The van der Waals surface area contributed by atoms with Crippen molar-refractivity contribution in [1.82, 2.24) is 14.5 Å². The molecule has 0 N–H and O–H groups in total. The van der Waals surface area contributed by atoms with Crippen molar-refractivity contribution in [3.05, 3.63) is 119 Å². The number of pyridine rings is 1. The normalized spacial score (nSPS) is 16.7. The van der Waals surface area contributed by atoms with Crippen molar-refractivity contribution < 1.29 is 9.59 Å². The van der Waals surface area contributed by atoms with Gasteiger partial charge in [0.25, 0.3) is 11.8 Å². The molecule has 7 heteroatoms. The zero-order chi connectivity index (χ0) is 29.3. The van der Waals surface area contributed by atoms with E-state index in [1.54, 1.807) is 12.4 Å². The van der Waals surface area contributed by atoms with E-state index in [2.05, 4.69) is 39.6 Å². The summed E-state index contributed by atoms with van der Waals surface area (Å²) in [6.45, 7) is 5.95. The third-order valence-electron chi connectivity index (χ3n) is 9.17. The largest absolute Gasteiger partial charge is 0.368 e. The van der Waals surface area contributed by atoms with E-state index in [9.17, 15) is 9.59 Å². The van der Waals surface area contributed by atoms with Gasteiger partial charge in [0.05, 0.1) is 13.1 Å². The fourth-order valence-corrected chi connectivity index (χ4v) is 6.81. The minimum atomic E-state index is -0.0190. The molecule has 1 saturated heterocycles. The quantitative estimate of drug-likeness (QED) is 0.288. The Morgan fingerprint density at radius 1 is 0.814 bits per heavy atom. The number of aryl methyl sites for hydroxylation is 1. The van der Waals surface area contributed by atoms with Crippen LogP contribution in [-0.2, 0) is 13.1 Å². The van der Waals surface area contributed by atoms with Crippen molar-refractivity contribution >= 4 is 28.8 Å². The molecule has 7 nitrogen and oxygen atoms in total. The van der Waals surface area contributed by atoms with E-state index in [-0.39, 0.29) is 11.8 Å². The number of hydrogen-bond acceptors (Lipinski definition) is 4. The molecule has 0 atom stereocenters. The Hall–Kier alpha value is -4.65. The van der Waals surface area contributed by atoms with Gasteiger partial charge in [-0.05, 0) is 97.3 Å². The summed E-state index contributed by atoms with van der Waals surface area (Å²) < 4.78 is 2.10. The number of allylic oxidation sites excluding steroid dienone is 2. The fourth-order valence-electron chi connectivity index (χ4n) is 6.81. The van der Waals surface area contributed by atoms with Gasteiger partial charge in [0.15, 0.2) is 0 Å². The standard InChI is InChI=1S/C36H37N5O2/c1-26-23-28(11-13-32(26)27-7-3-2-4-8-27)35(42)41-25-31-12-14-34(40(31)24-29-9-5-6-10-33(29)41)36(43)39-21-19-38(20-22-39)30-15-17-37-18-16-30/h5-7,9-18,23H,2-4,8,19-22,24-25H2,1H3. The average molecular weight is 572 g/mol. The lowest BCUT2D eigenvalue weighted by atomic mass is 9.90.